The molecule has 2 aromatic carbocycles. The van der Waals surface area contributed by atoms with E-state index < -0.39 is 20.3 Å². The third-order valence-electron chi connectivity index (χ3n) is 3.24. The van der Waals surface area contributed by atoms with Gasteiger partial charge in [0.2, 0.25) is 9.84 Å². The highest BCUT2D eigenvalue weighted by molar-refractivity contribution is 7.94. The Hall–Kier alpha value is -1.59. The summed E-state index contributed by atoms with van der Waals surface area (Å²) < 4.78 is 23.4. The molecule has 0 saturated heterocycles. The average molecular weight is 326 g/mol. The van der Waals surface area contributed by atoms with Crippen LogP contribution in [0, 0.1) is 0 Å². The Labute approximate surface area is 129 Å². The van der Waals surface area contributed by atoms with Crippen molar-refractivity contribution in [3.05, 3.63) is 36.4 Å². The number of sulfone groups is 1. The topological polar surface area (TPSA) is 54.5 Å². The fourth-order valence-corrected chi connectivity index (χ4v) is 3.93. The molecule has 0 radical (unpaired) electrons. The van der Waals surface area contributed by atoms with Crippen molar-refractivity contribution in [3.8, 4) is 0 Å². The van der Waals surface area contributed by atoms with Crippen LogP contribution in [0.3, 0.4) is 0 Å². The number of carbonyl (C=O) groups excluding carboxylic acids is 1. The number of carbonyl (C=O) groups is 1. The van der Waals surface area contributed by atoms with E-state index in [4.69, 9.17) is 11.6 Å². The van der Waals surface area contributed by atoms with Gasteiger partial charge in [0.25, 0.3) is 0 Å². The molecule has 2 aromatic rings. The van der Waals surface area contributed by atoms with Crippen LogP contribution in [0.25, 0.3) is 10.8 Å². The second-order valence-electron chi connectivity index (χ2n) is 4.99. The van der Waals surface area contributed by atoms with Gasteiger partial charge in [-0.05, 0) is 19.1 Å². The number of hydrogen-bond donors (Lipinski definition) is 0. The standard InChI is InChI=1S/C15H16ClNO3S/c1-10(18)15(16)21(19,20)14-9-5-6-11-12(14)7-4-8-13(11)17(2)3/h4-9,15H,1-3H3. The minimum atomic E-state index is -3.91. The number of anilines is 1. The Morgan fingerprint density at radius 3 is 2.24 bits per heavy atom. The molecule has 0 N–H and O–H groups in total. The van der Waals surface area contributed by atoms with Gasteiger partial charge in [-0.2, -0.15) is 0 Å². The fourth-order valence-electron chi connectivity index (χ4n) is 2.23. The fraction of sp³-hybridized carbons (Fsp3) is 0.267. The molecule has 0 bridgehead atoms. The number of halogens is 1. The molecular formula is C15H16ClNO3S. The summed E-state index contributed by atoms with van der Waals surface area (Å²) in [5.74, 6) is -0.586. The van der Waals surface area contributed by atoms with Crippen molar-refractivity contribution in [1.29, 1.82) is 0 Å². The van der Waals surface area contributed by atoms with E-state index in [1.807, 2.05) is 31.1 Å². The first-order chi connectivity index (χ1) is 9.76. The lowest BCUT2D eigenvalue weighted by molar-refractivity contribution is -0.115. The van der Waals surface area contributed by atoms with E-state index in [2.05, 4.69) is 0 Å². The summed E-state index contributed by atoms with van der Waals surface area (Å²) in [6.07, 6.45) is 0. The summed E-state index contributed by atoms with van der Waals surface area (Å²) in [7, 11) is -0.140. The van der Waals surface area contributed by atoms with Gasteiger partial charge in [0.1, 0.15) is 0 Å². The zero-order valence-electron chi connectivity index (χ0n) is 12.0. The van der Waals surface area contributed by atoms with Crippen LogP contribution in [0.4, 0.5) is 5.69 Å². The van der Waals surface area contributed by atoms with E-state index in [0.29, 0.717) is 5.39 Å². The van der Waals surface area contributed by atoms with E-state index in [1.54, 1.807) is 18.2 Å². The molecular weight excluding hydrogens is 310 g/mol. The maximum atomic E-state index is 12.5. The summed E-state index contributed by atoms with van der Waals surface area (Å²) >= 11 is 5.80. The van der Waals surface area contributed by atoms with Crippen LogP contribution in [0.5, 0.6) is 0 Å². The van der Waals surface area contributed by atoms with Crippen LogP contribution >= 0.6 is 11.6 Å². The van der Waals surface area contributed by atoms with Gasteiger partial charge < -0.3 is 4.90 Å². The van der Waals surface area contributed by atoms with Crippen molar-refractivity contribution in [2.75, 3.05) is 19.0 Å². The van der Waals surface area contributed by atoms with Crippen LogP contribution in [-0.2, 0) is 14.6 Å². The number of fused-ring (bicyclic) bond motifs is 1. The third-order valence-corrected chi connectivity index (χ3v) is 6.10. The lowest BCUT2D eigenvalue weighted by Crippen LogP contribution is -2.23. The number of ketones is 1. The van der Waals surface area contributed by atoms with E-state index in [9.17, 15) is 13.2 Å². The van der Waals surface area contributed by atoms with Crippen LogP contribution in [0.2, 0.25) is 0 Å². The Bertz CT molecular complexity index is 800. The van der Waals surface area contributed by atoms with Gasteiger partial charge in [-0.3, -0.25) is 4.79 Å². The zero-order chi connectivity index (χ0) is 15.8. The van der Waals surface area contributed by atoms with E-state index >= 15 is 0 Å². The largest absolute Gasteiger partial charge is 0.377 e. The number of benzene rings is 2. The molecule has 1 atom stereocenters. The molecule has 1 unspecified atom stereocenters. The summed E-state index contributed by atoms with van der Waals surface area (Å²) in [5, 5.41) is 1.37. The van der Waals surface area contributed by atoms with Crippen LogP contribution in [0.15, 0.2) is 41.3 Å². The monoisotopic (exact) mass is 325 g/mol. The van der Waals surface area contributed by atoms with Gasteiger partial charge in [-0.15, -0.1) is 0 Å². The SMILES string of the molecule is CC(=O)C(Cl)S(=O)(=O)c1cccc2c(N(C)C)cccc12. The molecule has 6 heteroatoms. The normalized spacial score (nSPS) is 13.1. The maximum Gasteiger partial charge on any atom is 0.202 e. The second kappa shape index (κ2) is 5.66. The van der Waals surface area contributed by atoms with Gasteiger partial charge in [0.05, 0.1) is 4.90 Å². The minimum absolute atomic E-state index is 0.0823. The molecule has 0 aromatic heterocycles. The molecule has 0 saturated carbocycles. The average Bonchev–Trinajstić information content (AvgIpc) is 2.44. The van der Waals surface area contributed by atoms with Crippen molar-refractivity contribution >= 4 is 43.7 Å². The molecule has 0 heterocycles. The molecule has 21 heavy (non-hydrogen) atoms. The van der Waals surface area contributed by atoms with E-state index in [-0.39, 0.29) is 4.90 Å². The first kappa shape index (κ1) is 15.8. The van der Waals surface area contributed by atoms with Gasteiger partial charge >= 0.3 is 0 Å². The number of alkyl halides is 1. The highest BCUT2D eigenvalue weighted by atomic mass is 35.5. The highest BCUT2D eigenvalue weighted by Gasteiger charge is 2.30. The summed E-state index contributed by atoms with van der Waals surface area (Å²) in [5.41, 5.74) is 0.901. The van der Waals surface area contributed by atoms with Crippen molar-refractivity contribution < 1.29 is 13.2 Å². The molecule has 0 amide bonds. The van der Waals surface area contributed by atoms with Gasteiger partial charge in [-0.1, -0.05) is 35.9 Å². The summed E-state index contributed by atoms with van der Waals surface area (Å²) in [6.45, 7) is 1.17. The first-order valence-electron chi connectivity index (χ1n) is 6.34. The molecule has 0 aliphatic carbocycles. The van der Waals surface area contributed by atoms with Crippen LogP contribution in [-0.4, -0.2) is 33.0 Å². The van der Waals surface area contributed by atoms with Crippen molar-refractivity contribution in [2.24, 2.45) is 0 Å². The Kier molecular flexibility index (Phi) is 4.25. The Morgan fingerprint density at radius 2 is 1.67 bits per heavy atom. The Morgan fingerprint density at radius 1 is 1.10 bits per heavy atom. The van der Waals surface area contributed by atoms with E-state index in [0.717, 1.165) is 11.1 Å². The van der Waals surface area contributed by atoms with Crippen LogP contribution in [0.1, 0.15) is 6.92 Å². The lowest BCUT2D eigenvalue weighted by Gasteiger charge is -2.17. The molecule has 0 aliphatic rings. The summed E-state index contributed by atoms with van der Waals surface area (Å²) in [4.78, 5) is 13.3. The molecule has 0 aliphatic heterocycles. The number of nitrogens with zero attached hydrogens (tertiary/aromatic N) is 1. The van der Waals surface area contributed by atoms with Gasteiger partial charge in [0, 0.05) is 30.6 Å². The third kappa shape index (κ3) is 2.76. The first-order valence-corrected chi connectivity index (χ1v) is 8.32. The molecule has 4 nitrogen and oxygen atoms in total. The predicted molar refractivity (Wildman–Crippen MR) is 85.8 cm³/mol. The summed E-state index contributed by atoms with van der Waals surface area (Å²) in [6, 6.07) is 10.4. The quantitative estimate of drug-likeness (QED) is 0.811. The highest BCUT2D eigenvalue weighted by Crippen LogP contribution is 2.32. The number of hydrogen-bond acceptors (Lipinski definition) is 4. The van der Waals surface area contributed by atoms with Crippen LogP contribution < -0.4 is 4.90 Å². The number of rotatable bonds is 4. The molecule has 2 rings (SSSR count). The van der Waals surface area contributed by atoms with Gasteiger partial charge in [0.15, 0.2) is 10.5 Å². The van der Waals surface area contributed by atoms with E-state index in [1.165, 1.54) is 13.0 Å². The second-order valence-corrected chi connectivity index (χ2v) is 7.69. The number of Topliss-reactive ketones (excluding diaryl/α,β-unsaturated/α-hetero) is 1. The molecule has 0 fully saturated rings. The predicted octanol–water partition coefficient (Wildman–Crippen LogP) is 2.83. The zero-order valence-corrected chi connectivity index (χ0v) is 13.6. The smallest absolute Gasteiger partial charge is 0.202 e. The Balaban J connectivity index is 2.78. The van der Waals surface area contributed by atoms with Crippen molar-refractivity contribution in [3.63, 3.8) is 0 Å². The maximum absolute atomic E-state index is 12.5. The molecule has 112 valence electrons. The van der Waals surface area contributed by atoms with Crippen molar-refractivity contribution in [2.45, 2.75) is 16.5 Å². The molecule has 0 spiro atoms. The van der Waals surface area contributed by atoms with Gasteiger partial charge in [-0.25, -0.2) is 8.42 Å². The minimum Gasteiger partial charge on any atom is -0.377 e. The van der Waals surface area contributed by atoms with Crippen molar-refractivity contribution in [1.82, 2.24) is 0 Å². The lowest BCUT2D eigenvalue weighted by atomic mass is 10.1.